The van der Waals surface area contributed by atoms with Crippen LogP contribution in [-0.4, -0.2) is 48.2 Å². The average molecular weight is 339 g/mol. The van der Waals surface area contributed by atoms with Crippen LogP contribution in [0.2, 0.25) is 0 Å². The van der Waals surface area contributed by atoms with Crippen LogP contribution in [0.5, 0.6) is 0 Å². The molecule has 6 heteroatoms. The van der Waals surface area contributed by atoms with Crippen LogP contribution in [0.1, 0.15) is 65.2 Å². The quantitative estimate of drug-likeness (QED) is 0.827. The number of nitrogens with two attached hydrogens (primary N) is 1. The molecule has 6 nitrogen and oxygen atoms in total. The number of amides is 2. The van der Waals surface area contributed by atoms with E-state index in [0.29, 0.717) is 13.1 Å². The molecule has 1 heterocycles. The first-order valence-electron chi connectivity index (χ1n) is 9.49. The van der Waals surface area contributed by atoms with E-state index in [1.165, 1.54) is 12.8 Å². The summed E-state index contributed by atoms with van der Waals surface area (Å²) in [6.07, 6.45) is 7.69. The van der Waals surface area contributed by atoms with Gasteiger partial charge in [-0.05, 0) is 39.5 Å². The monoisotopic (exact) mass is 339 g/mol. The number of ether oxygens (including phenoxy) is 1. The van der Waals surface area contributed by atoms with E-state index in [1.54, 1.807) is 4.90 Å². The summed E-state index contributed by atoms with van der Waals surface area (Å²) in [6.45, 7) is 4.96. The fraction of sp³-hybridized carbons (Fsp3) is 0.889. The van der Waals surface area contributed by atoms with Crippen molar-refractivity contribution in [2.45, 2.75) is 83.4 Å². The lowest BCUT2D eigenvalue weighted by Gasteiger charge is -2.33. The maximum absolute atomic E-state index is 12.6. The van der Waals surface area contributed by atoms with Gasteiger partial charge in [-0.15, -0.1) is 0 Å². The van der Waals surface area contributed by atoms with Gasteiger partial charge in [0.25, 0.3) is 0 Å². The largest absolute Gasteiger partial charge is 0.447 e. The molecule has 24 heavy (non-hydrogen) atoms. The topological polar surface area (TPSA) is 84.7 Å². The zero-order valence-electron chi connectivity index (χ0n) is 15.1. The van der Waals surface area contributed by atoms with Crippen molar-refractivity contribution in [2.24, 2.45) is 11.7 Å². The summed E-state index contributed by atoms with van der Waals surface area (Å²) in [5, 5.41) is 3.17. The molecule has 0 aromatic rings. The van der Waals surface area contributed by atoms with E-state index in [2.05, 4.69) is 5.32 Å². The smallest absolute Gasteiger partial charge is 0.410 e. The Hall–Kier alpha value is -1.30. The van der Waals surface area contributed by atoms with Crippen molar-refractivity contribution in [3.8, 4) is 0 Å². The minimum atomic E-state index is -0.253. The predicted octanol–water partition coefficient (Wildman–Crippen LogP) is 2.41. The molecule has 2 fully saturated rings. The number of nitrogens with one attached hydrogen (secondary N) is 1. The molecule has 138 valence electrons. The molecular formula is C18H33N3O3. The van der Waals surface area contributed by atoms with Gasteiger partial charge in [0.2, 0.25) is 5.91 Å². The van der Waals surface area contributed by atoms with Gasteiger partial charge >= 0.3 is 6.09 Å². The first-order chi connectivity index (χ1) is 11.5. The lowest BCUT2D eigenvalue weighted by Crippen LogP contribution is -2.50. The number of carbonyl (C=O) groups is 2. The molecule has 0 aromatic heterocycles. The number of piperidine rings is 1. The third kappa shape index (κ3) is 5.65. The van der Waals surface area contributed by atoms with E-state index in [1.807, 2.05) is 13.8 Å². The van der Waals surface area contributed by atoms with Crippen molar-refractivity contribution in [1.29, 1.82) is 0 Å². The highest BCUT2D eigenvalue weighted by Gasteiger charge is 2.30. The second-order valence-corrected chi connectivity index (χ2v) is 7.46. The second kappa shape index (κ2) is 9.25. The van der Waals surface area contributed by atoms with Crippen LogP contribution in [0.25, 0.3) is 0 Å². The molecule has 0 bridgehead atoms. The normalized spacial score (nSPS) is 26.6. The Kier molecular flexibility index (Phi) is 7.34. The van der Waals surface area contributed by atoms with E-state index in [4.69, 9.17) is 10.5 Å². The molecule has 1 saturated heterocycles. The first-order valence-corrected chi connectivity index (χ1v) is 9.49. The molecule has 2 rings (SSSR count). The molecular weight excluding hydrogens is 306 g/mol. The van der Waals surface area contributed by atoms with Gasteiger partial charge < -0.3 is 20.7 Å². The predicted molar refractivity (Wildman–Crippen MR) is 93.5 cm³/mol. The highest BCUT2D eigenvalue weighted by atomic mass is 16.6. The maximum atomic E-state index is 12.6. The van der Waals surface area contributed by atoms with Crippen molar-refractivity contribution in [3.05, 3.63) is 0 Å². The van der Waals surface area contributed by atoms with Gasteiger partial charge in [0, 0.05) is 25.2 Å². The number of rotatable bonds is 3. The van der Waals surface area contributed by atoms with Crippen LogP contribution in [-0.2, 0) is 9.53 Å². The fourth-order valence-corrected chi connectivity index (χ4v) is 3.63. The Morgan fingerprint density at radius 3 is 2.29 bits per heavy atom. The Morgan fingerprint density at radius 1 is 1.04 bits per heavy atom. The van der Waals surface area contributed by atoms with Crippen molar-refractivity contribution in [1.82, 2.24) is 10.2 Å². The van der Waals surface area contributed by atoms with Gasteiger partial charge in [0.15, 0.2) is 0 Å². The Balaban J connectivity index is 1.78. The number of nitrogens with zero attached hydrogens (tertiary/aromatic N) is 1. The number of hydrogen-bond acceptors (Lipinski definition) is 4. The molecule has 1 saturated carbocycles. The zero-order valence-corrected chi connectivity index (χ0v) is 15.1. The molecule has 0 radical (unpaired) electrons. The highest BCUT2D eigenvalue weighted by molar-refractivity contribution is 5.79. The van der Waals surface area contributed by atoms with Gasteiger partial charge in [0.1, 0.15) is 0 Å². The zero-order chi connectivity index (χ0) is 17.5. The van der Waals surface area contributed by atoms with Crippen LogP contribution in [0.15, 0.2) is 0 Å². The Bertz CT molecular complexity index is 420. The second-order valence-electron chi connectivity index (χ2n) is 7.46. The molecule has 1 aliphatic carbocycles. The van der Waals surface area contributed by atoms with Crippen molar-refractivity contribution < 1.29 is 14.3 Å². The lowest BCUT2D eigenvalue weighted by molar-refractivity contribution is -0.127. The van der Waals surface area contributed by atoms with E-state index in [9.17, 15) is 9.59 Å². The third-order valence-corrected chi connectivity index (χ3v) is 5.09. The first kappa shape index (κ1) is 19.0. The minimum Gasteiger partial charge on any atom is -0.447 e. The Labute approximate surface area is 145 Å². The van der Waals surface area contributed by atoms with Crippen LogP contribution in [0.3, 0.4) is 0 Å². The molecule has 2 aliphatic rings. The third-order valence-electron chi connectivity index (χ3n) is 5.09. The summed E-state index contributed by atoms with van der Waals surface area (Å²) in [5.74, 6) is 0.0434. The molecule has 0 unspecified atom stereocenters. The number of likely N-dealkylation sites (tertiary alicyclic amines) is 1. The van der Waals surface area contributed by atoms with E-state index < -0.39 is 0 Å². The van der Waals surface area contributed by atoms with Crippen LogP contribution >= 0.6 is 0 Å². The summed E-state index contributed by atoms with van der Waals surface area (Å²) in [4.78, 5) is 26.2. The van der Waals surface area contributed by atoms with E-state index in [-0.39, 0.29) is 36.1 Å². The number of hydrogen-bond donors (Lipinski definition) is 2. The fourth-order valence-electron chi connectivity index (χ4n) is 3.63. The summed E-state index contributed by atoms with van der Waals surface area (Å²) < 4.78 is 5.22. The van der Waals surface area contributed by atoms with Gasteiger partial charge in [-0.25, -0.2) is 4.79 Å². The lowest BCUT2D eigenvalue weighted by atomic mass is 9.86. The summed E-state index contributed by atoms with van der Waals surface area (Å²) in [6, 6.07) is 0.115. The van der Waals surface area contributed by atoms with Gasteiger partial charge in [-0.3, -0.25) is 4.79 Å². The average Bonchev–Trinajstić information content (AvgIpc) is 2.51. The van der Waals surface area contributed by atoms with Crippen molar-refractivity contribution in [3.63, 3.8) is 0 Å². The molecule has 2 amide bonds. The van der Waals surface area contributed by atoms with Gasteiger partial charge in [-0.2, -0.15) is 0 Å². The molecule has 0 spiro atoms. The highest BCUT2D eigenvalue weighted by Crippen LogP contribution is 2.22. The Morgan fingerprint density at radius 2 is 1.67 bits per heavy atom. The molecule has 1 aliphatic heterocycles. The van der Waals surface area contributed by atoms with E-state index >= 15 is 0 Å². The molecule has 3 N–H and O–H groups in total. The SMILES string of the molecule is CC(C)OC(=O)N1CCC(NC(=O)[C@H]2CCCCCC[C@H]2N)CC1. The standard InChI is InChI=1S/C18H33N3O3/c1-13(2)24-18(23)21-11-9-14(10-12-21)20-17(22)15-7-5-3-4-6-8-16(15)19/h13-16H,3-12,19H2,1-2H3,(H,20,22)/t15-,16+/m0/s1. The minimum absolute atomic E-state index is 0.0218. The molecule has 0 aromatic carbocycles. The van der Waals surface area contributed by atoms with Crippen LogP contribution in [0, 0.1) is 5.92 Å². The van der Waals surface area contributed by atoms with Crippen LogP contribution < -0.4 is 11.1 Å². The number of carbonyl (C=O) groups excluding carboxylic acids is 2. The van der Waals surface area contributed by atoms with Gasteiger partial charge in [0.05, 0.1) is 12.0 Å². The summed E-state index contributed by atoms with van der Waals surface area (Å²) in [7, 11) is 0. The molecule has 2 atom stereocenters. The summed E-state index contributed by atoms with van der Waals surface area (Å²) in [5.41, 5.74) is 6.23. The van der Waals surface area contributed by atoms with E-state index in [0.717, 1.165) is 38.5 Å². The van der Waals surface area contributed by atoms with Crippen LogP contribution in [0.4, 0.5) is 4.79 Å². The summed E-state index contributed by atoms with van der Waals surface area (Å²) >= 11 is 0. The van der Waals surface area contributed by atoms with Crippen molar-refractivity contribution in [2.75, 3.05) is 13.1 Å². The maximum Gasteiger partial charge on any atom is 0.410 e. The van der Waals surface area contributed by atoms with Crippen molar-refractivity contribution >= 4 is 12.0 Å². The van der Waals surface area contributed by atoms with Gasteiger partial charge in [-0.1, -0.05) is 25.7 Å².